The summed E-state index contributed by atoms with van der Waals surface area (Å²) in [5, 5.41) is 4.92. The van der Waals surface area contributed by atoms with Gasteiger partial charge in [0.15, 0.2) is 0 Å². The molecule has 0 spiro atoms. The first-order chi connectivity index (χ1) is 13.8. The van der Waals surface area contributed by atoms with Crippen molar-refractivity contribution in [2.24, 2.45) is 11.8 Å². The van der Waals surface area contributed by atoms with Crippen LogP contribution in [0.4, 0.5) is 4.79 Å². The van der Waals surface area contributed by atoms with Crippen molar-refractivity contribution in [2.45, 2.75) is 46.2 Å². The summed E-state index contributed by atoms with van der Waals surface area (Å²) < 4.78 is 0. The van der Waals surface area contributed by atoms with E-state index in [1.54, 1.807) is 0 Å². The number of urea groups is 1. The zero-order valence-electron chi connectivity index (χ0n) is 17.1. The number of piperidine rings is 1. The zero-order valence-corrected chi connectivity index (χ0v) is 17.9. The monoisotopic (exact) mass is 420 g/mol. The Hall–Kier alpha value is -2.26. The van der Waals surface area contributed by atoms with Gasteiger partial charge in [-0.25, -0.2) is 9.69 Å². The van der Waals surface area contributed by atoms with Crippen LogP contribution in [0.3, 0.4) is 0 Å². The lowest BCUT2D eigenvalue weighted by Gasteiger charge is -2.33. The van der Waals surface area contributed by atoms with Crippen LogP contribution in [0, 0.1) is 11.8 Å². The fraction of sp³-hybridized carbons (Fsp3) is 0.600. The summed E-state index contributed by atoms with van der Waals surface area (Å²) in [4.78, 5) is 54.4. The molecule has 2 aliphatic rings. The molecule has 1 N–H and O–H groups in total. The number of hydrogen-bond acceptors (Lipinski definition) is 6. The van der Waals surface area contributed by atoms with Gasteiger partial charge in [-0.3, -0.25) is 24.2 Å². The maximum Gasteiger partial charge on any atom is 0.335 e. The van der Waals surface area contributed by atoms with E-state index in [2.05, 4.69) is 19.2 Å². The minimum absolute atomic E-state index is 0.0607. The smallest absolute Gasteiger partial charge is 0.335 e. The highest BCUT2D eigenvalue weighted by molar-refractivity contribution is 7.09. The number of nitrogens with zero attached hydrogens (tertiary/aromatic N) is 3. The molecule has 0 aliphatic carbocycles. The summed E-state index contributed by atoms with van der Waals surface area (Å²) in [6, 6.07) is 3.22. The van der Waals surface area contributed by atoms with Crippen molar-refractivity contribution in [3.05, 3.63) is 22.4 Å². The number of hydrogen-bond donors (Lipinski definition) is 1. The molecule has 158 valence electrons. The predicted molar refractivity (Wildman–Crippen MR) is 109 cm³/mol. The Morgan fingerprint density at radius 2 is 1.79 bits per heavy atom. The van der Waals surface area contributed by atoms with Crippen LogP contribution >= 0.6 is 11.3 Å². The van der Waals surface area contributed by atoms with Crippen LogP contribution in [0.5, 0.6) is 0 Å². The molecule has 0 radical (unpaired) electrons. The van der Waals surface area contributed by atoms with E-state index in [4.69, 9.17) is 0 Å². The average Bonchev–Trinajstić information content (AvgIpc) is 3.28. The topological polar surface area (TPSA) is 90.0 Å². The minimum atomic E-state index is -0.780. The second-order valence-electron chi connectivity index (χ2n) is 8.06. The van der Waals surface area contributed by atoms with Crippen LogP contribution in [0.25, 0.3) is 0 Å². The molecular formula is C20H28N4O4S. The Kier molecular flexibility index (Phi) is 6.69. The summed E-state index contributed by atoms with van der Waals surface area (Å²) in [7, 11) is 0. The molecule has 3 heterocycles. The van der Waals surface area contributed by atoms with E-state index < -0.39 is 17.8 Å². The second-order valence-corrected chi connectivity index (χ2v) is 9.09. The van der Waals surface area contributed by atoms with Gasteiger partial charge in [-0.2, -0.15) is 0 Å². The van der Waals surface area contributed by atoms with Gasteiger partial charge >= 0.3 is 17.8 Å². The third-order valence-electron chi connectivity index (χ3n) is 5.70. The van der Waals surface area contributed by atoms with E-state index in [9.17, 15) is 19.2 Å². The number of amides is 5. The lowest BCUT2D eigenvalue weighted by molar-refractivity contribution is -0.144. The van der Waals surface area contributed by atoms with Gasteiger partial charge in [-0.05, 0) is 37.1 Å². The highest BCUT2D eigenvalue weighted by atomic mass is 32.1. The van der Waals surface area contributed by atoms with E-state index >= 15 is 0 Å². The van der Waals surface area contributed by atoms with Crippen LogP contribution < -0.4 is 5.32 Å². The van der Waals surface area contributed by atoms with E-state index in [0.29, 0.717) is 31.8 Å². The van der Waals surface area contributed by atoms with Gasteiger partial charge in [0.2, 0.25) is 5.91 Å². The highest BCUT2D eigenvalue weighted by Crippen LogP contribution is 2.22. The molecule has 9 heteroatoms. The fourth-order valence-electron chi connectivity index (χ4n) is 3.42. The lowest BCUT2D eigenvalue weighted by Crippen LogP contribution is -2.48. The number of carbonyl (C=O) groups excluding carboxylic acids is 4. The van der Waals surface area contributed by atoms with Crippen molar-refractivity contribution in [1.29, 1.82) is 0 Å². The summed E-state index contributed by atoms with van der Waals surface area (Å²) in [6.45, 7) is 7.55. The summed E-state index contributed by atoms with van der Waals surface area (Å²) in [6.07, 6.45) is 1.33. The molecule has 5 amide bonds. The summed E-state index contributed by atoms with van der Waals surface area (Å²) in [5.41, 5.74) is 0. The van der Waals surface area contributed by atoms with Gasteiger partial charge < -0.3 is 5.32 Å². The van der Waals surface area contributed by atoms with Crippen molar-refractivity contribution < 1.29 is 19.2 Å². The molecule has 0 saturated carbocycles. The van der Waals surface area contributed by atoms with E-state index in [1.807, 2.05) is 29.3 Å². The Morgan fingerprint density at radius 3 is 2.38 bits per heavy atom. The van der Waals surface area contributed by atoms with E-state index in [1.165, 1.54) is 11.3 Å². The lowest BCUT2D eigenvalue weighted by atomic mass is 9.95. The van der Waals surface area contributed by atoms with Crippen LogP contribution in [-0.4, -0.2) is 64.3 Å². The molecular weight excluding hydrogens is 392 g/mol. The molecule has 2 aliphatic heterocycles. The molecule has 1 atom stereocenters. The van der Waals surface area contributed by atoms with E-state index in [-0.39, 0.29) is 31.1 Å². The highest BCUT2D eigenvalue weighted by Gasteiger charge is 2.45. The van der Waals surface area contributed by atoms with E-state index in [0.717, 1.165) is 14.7 Å². The van der Waals surface area contributed by atoms with Gasteiger partial charge in [-0.15, -0.1) is 11.3 Å². The first-order valence-corrected chi connectivity index (χ1v) is 10.9. The van der Waals surface area contributed by atoms with Gasteiger partial charge in [0, 0.05) is 29.9 Å². The molecule has 1 aromatic rings. The standard InChI is InChI=1S/C20H28N4O4S/c1-13(2)14(3)21-17(25)15-6-8-22(9-7-15)12-24-19(27)18(26)23(20(24)28)11-16-5-4-10-29-16/h4-5,10,13-15H,6-9,11-12H2,1-3H3,(H,21,25). The van der Waals surface area contributed by atoms with Crippen LogP contribution in [0.2, 0.25) is 0 Å². The van der Waals surface area contributed by atoms with Crippen LogP contribution in [0.1, 0.15) is 38.5 Å². The fourth-order valence-corrected chi connectivity index (χ4v) is 4.11. The number of thiophene rings is 1. The molecule has 3 rings (SSSR count). The molecule has 1 unspecified atom stereocenters. The quantitative estimate of drug-likeness (QED) is 0.537. The van der Waals surface area contributed by atoms with Gasteiger partial charge in [0.05, 0.1) is 13.2 Å². The van der Waals surface area contributed by atoms with Crippen LogP contribution in [0.15, 0.2) is 17.5 Å². The van der Waals surface area contributed by atoms with Crippen molar-refractivity contribution in [1.82, 2.24) is 20.0 Å². The number of nitrogens with one attached hydrogen (secondary N) is 1. The first kappa shape index (κ1) is 21.4. The molecule has 8 nitrogen and oxygen atoms in total. The molecule has 0 aromatic carbocycles. The van der Waals surface area contributed by atoms with Crippen molar-refractivity contribution >= 4 is 35.1 Å². The number of likely N-dealkylation sites (tertiary alicyclic amines) is 1. The minimum Gasteiger partial charge on any atom is -0.353 e. The predicted octanol–water partition coefficient (Wildman–Crippen LogP) is 1.87. The SMILES string of the molecule is CC(C)C(C)NC(=O)C1CCN(CN2C(=O)C(=O)N(Cc3cccs3)C2=O)CC1. The third kappa shape index (κ3) is 4.84. The Labute approximate surface area is 174 Å². The average molecular weight is 421 g/mol. The second kappa shape index (κ2) is 9.04. The maximum atomic E-state index is 12.6. The summed E-state index contributed by atoms with van der Waals surface area (Å²) in [5.74, 6) is -1.18. The van der Waals surface area contributed by atoms with Crippen molar-refractivity contribution in [2.75, 3.05) is 19.8 Å². The first-order valence-electron chi connectivity index (χ1n) is 10.0. The normalized spacial score (nSPS) is 20.1. The largest absolute Gasteiger partial charge is 0.353 e. The van der Waals surface area contributed by atoms with Crippen molar-refractivity contribution in [3.8, 4) is 0 Å². The molecule has 0 bridgehead atoms. The van der Waals surface area contributed by atoms with Gasteiger partial charge in [-0.1, -0.05) is 19.9 Å². The number of carbonyl (C=O) groups is 4. The zero-order chi connectivity index (χ0) is 21.1. The number of rotatable bonds is 7. The molecule has 2 fully saturated rings. The Morgan fingerprint density at radius 1 is 1.14 bits per heavy atom. The molecule has 29 heavy (non-hydrogen) atoms. The maximum absolute atomic E-state index is 12.6. The third-order valence-corrected chi connectivity index (χ3v) is 6.56. The Balaban J connectivity index is 1.52. The molecule has 2 saturated heterocycles. The van der Waals surface area contributed by atoms with Gasteiger partial charge in [0.25, 0.3) is 0 Å². The van der Waals surface area contributed by atoms with Crippen LogP contribution in [-0.2, 0) is 20.9 Å². The Bertz CT molecular complexity index is 771. The molecule has 1 aromatic heterocycles. The summed E-state index contributed by atoms with van der Waals surface area (Å²) >= 11 is 1.44. The van der Waals surface area contributed by atoms with Gasteiger partial charge in [0.1, 0.15) is 0 Å². The number of imide groups is 2. The van der Waals surface area contributed by atoms with Crippen molar-refractivity contribution in [3.63, 3.8) is 0 Å².